The van der Waals surface area contributed by atoms with E-state index in [1.807, 2.05) is 30.3 Å². The summed E-state index contributed by atoms with van der Waals surface area (Å²) in [7, 11) is 0. The van der Waals surface area contributed by atoms with E-state index in [2.05, 4.69) is 18.3 Å². The molecule has 2 aromatic rings. The fourth-order valence-corrected chi connectivity index (χ4v) is 3.77. The van der Waals surface area contributed by atoms with Crippen LogP contribution in [0.4, 0.5) is 5.69 Å². The van der Waals surface area contributed by atoms with E-state index < -0.39 is 0 Å². The van der Waals surface area contributed by atoms with Gasteiger partial charge in [-0.1, -0.05) is 30.7 Å². The first-order chi connectivity index (χ1) is 9.67. The third-order valence-corrected chi connectivity index (χ3v) is 5.12. The summed E-state index contributed by atoms with van der Waals surface area (Å²) in [5, 5.41) is 2.93. The molecular weight excluding hydrogens is 310 g/mol. The van der Waals surface area contributed by atoms with Gasteiger partial charge in [0.15, 0.2) is 0 Å². The molecule has 1 N–H and O–H groups in total. The van der Waals surface area contributed by atoms with Gasteiger partial charge in [0.1, 0.15) is 0 Å². The fourth-order valence-electron chi connectivity index (χ4n) is 1.74. The molecule has 2 rings (SSSR count). The zero-order chi connectivity index (χ0) is 14.4. The number of benzene rings is 1. The van der Waals surface area contributed by atoms with Gasteiger partial charge in [-0.15, -0.1) is 23.1 Å². The highest BCUT2D eigenvalue weighted by Crippen LogP contribution is 2.25. The number of nitrogens with one attached hydrogen (secondary N) is 1. The van der Waals surface area contributed by atoms with Crippen molar-refractivity contribution in [2.24, 2.45) is 0 Å². The molecule has 1 aromatic heterocycles. The molecule has 1 aromatic carbocycles. The van der Waals surface area contributed by atoms with E-state index in [4.69, 9.17) is 11.6 Å². The molecule has 0 atom stereocenters. The van der Waals surface area contributed by atoms with E-state index in [-0.39, 0.29) is 5.91 Å². The first-order valence-electron chi connectivity index (χ1n) is 6.38. The van der Waals surface area contributed by atoms with Crippen LogP contribution in [0.3, 0.4) is 0 Å². The SMILES string of the molecule is CCc1cccc(NC(=O)CSCc2ccc(Cl)s2)c1. The minimum atomic E-state index is 0.0332. The second-order valence-electron chi connectivity index (χ2n) is 4.30. The van der Waals surface area contributed by atoms with Gasteiger partial charge in [0.2, 0.25) is 5.91 Å². The van der Waals surface area contributed by atoms with Crippen LogP contribution >= 0.6 is 34.7 Å². The number of thioether (sulfide) groups is 1. The van der Waals surface area contributed by atoms with Gasteiger partial charge in [0.05, 0.1) is 10.1 Å². The Morgan fingerprint density at radius 3 is 2.90 bits per heavy atom. The molecule has 0 bridgehead atoms. The number of carbonyl (C=O) groups excluding carboxylic acids is 1. The van der Waals surface area contributed by atoms with Gasteiger partial charge in [-0.25, -0.2) is 0 Å². The van der Waals surface area contributed by atoms with Crippen LogP contribution in [-0.4, -0.2) is 11.7 Å². The number of aryl methyl sites for hydroxylation is 1. The number of amides is 1. The molecule has 2 nitrogen and oxygen atoms in total. The standard InChI is InChI=1S/C15H16ClNOS2/c1-2-11-4-3-5-12(8-11)17-15(18)10-19-9-13-6-7-14(16)20-13/h3-8H,2,9-10H2,1H3,(H,17,18). The fraction of sp³-hybridized carbons (Fsp3) is 0.267. The number of hydrogen-bond acceptors (Lipinski definition) is 3. The molecule has 0 saturated heterocycles. The topological polar surface area (TPSA) is 29.1 Å². The van der Waals surface area contributed by atoms with Crippen LogP contribution in [0.15, 0.2) is 36.4 Å². The Hall–Kier alpha value is -0.970. The van der Waals surface area contributed by atoms with Gasteiger partial charge < -0.3 is 5.32 Å². The van der Waals surface area contributed by atoms with Crippen molar-refractivity contribution in [3.8, 4) is 0 Å². The average molecular weight is 326 g/mol. The number of rotatable bonds is 6. The molecule has 1 amide bonds. The van der Waals surface area contributed by atoms with Crippen LogP contribution in [0, 0.1) is 0 Å². The molecule has 0 aliphatic heterocycles. The lowest BCUT2D eigenvalue weighted by Crippen LogP contribution is -2.14. The molecule has 0 spiro atoms. The Labute approximate surface area is 132 Å². The van der Waals surface area contributed by atoms with E-state index in [1.54, 1.807) is 23.1 Å². The molecule has 0 aliphatic carbocycles. The largest absolute Gasteiger partial charge is 0.325 e. The summed E-state index contributed by atoms with van der Waals surface area (Å²) in [4.78, 5) is 13.0. The van der Waals surface area contributed by atoms with Crippen molar-refractivity contribution >= 4 is 46.3 Å². The van der Waals surface area contributed by atoms with Crippen molar-refractivity contribution in [1.29, 1.82) is 0 Å². The summed E-state index contributed by atoms with van der Waals surface area (Å²) in [6.45, 7) is 2.10. The summed E-state index contributed by atoms with van der Waals surface area (Å²) < 4.78 is 0.793. The Morgan fingerprint density at radius 1 is 1.35 bits per heavy atom. The van der Waals surface area contributed by atoms with Crippen molar-refractivity contribution in [2.45, 2.75) is 19.1 Å². The molecule has 20 heavy (non-hydrogen) atoms. The number of thiophene rings is 1. The van der Waals surface area contributed by atoms with E-state index in [1.165, 1.54) is 10.4 Å². The second kappa shape index (κ2) is 7.72. The van der Waals surface area contributed by atoms with Crippen molar-refractivity contribution in [1.82, 2.24) is 0 Å². The third kappa shape index (κ3) is 4.85. The second-order valence-corrected chi connectivity index (χ2v) is 7.09. The lowest BCUT2D eigenvalue weighted by atomic mass is 10.1. The van der Waals surface area contributed by atoms with E-state index >= 15 is 0 Å². The molecule has 0 fully saturated rings. The smallest absolute Gasteiger partial charge is 0.234 e. The van der Waals surface area contributed by atoms with Crippen LogP contribution in [0.25, 0.3) is 0 Å². The van der Waals surface area contributed by atoms with Gasteiger partial charge in [0.25, 0.3) is 0 Å². The molecule has 5 heteroatoms. The predicted octanol–water partition coefficient (Wildman–Crippen LogP) is 4.84. The maximum absolute atomic E-state index is 11.9. The van der Waals surface area contributed by atoms with Crippen LogP contribution in [0.5, 0.6) is 0 Å². The number of carbonyl (C=O) groups is 1. The van der Waals surface area contributed by atoms with Crippen LogP contribution in [0.2, 0.25) is 4.34 Å². The highest BCUT2D eigenvalue weighted by Gasteiger charge is 2.04. The van der Waals surface area contributed by atoms with Gasteiger partial charge in [-0.05, 0) is 36.2 Å². The Bertz CT molecular complexity index is 583. The number of halogens is 1. The lowest BCUT2D eigenvalue weighted by Gasteiger charge is -2.06. The van der Waals surface area contributed by atoms with Gasteiger partial charge >= 0.3 is 0 Å². The molecular formula is C15H16ClNOS2. The van der Waals surface area contributed by atoms with E-state index in [0.717, 1.165) is 22.2 Å². The van der Waals surface area contributed by atoms with Crippen LogP contribution < -0.4 is 5.32 Å². The Morgan fingerprint density at radius 2 is 2.20 bits per heavy atom. The van der Waals surface area contributed by atoms with Gasteiger partial charge in [-0.3, -0.25) is 4.79 Å². The van der Waals surface area contributed by atoms with Gasteiger partial charge in [-0.2, -0.15) is 0 Å². The zero-order valence-electron chi connectivity index (χ0n) is 11.2. The summed E-state index contributed by atoms with van der Waals surface area (Å²) >= 11 is 9.03. The monoisotopic (exact) mass is 325 g/mol. The van der Waals surface area contributed by atoms with E-state index in [0.29, 0.717) is 5.75 Å². The average Bonchev–Trinajstić information content (AvgIpc) is 2.84. The van der Waals surface area contributed by atoms with Crippen molar-refractivity contribution in [2.75, 3.05) is 11.1 Å². The normalized spacial score (nSPS) is 10.5. The quantitative estimate of drug-likeness (QED) is 0.823. The highest BCUT2D eigenvalue weighted by atomic mass is 35.5. The molecule has 0 saturated carbocycles. The van der Waals surface area contributed by atoms with Crippen LogP contribution in [-0.2, 0) is 17.0 Å². The lowest BCUT2D eigenvalue weighted by molar-refractivity contribution is -0.113. The number of hydrogen-bond donors (Lipinski definition) is 1. The van der Waals surface area contributed by atoms with Crippen molar-refractivity contribution in [3.63, 3.8) is 0 Å². The summed E-state index contributed by atoms with van der Waals surface area (Å²) in [6.07, 6.45) is 0.970. The maximum Gasteiger partial charge on any atom is 0.234 e. The zero-order valence-corrected chi connectivity index (χ0v) is 13.6. The molecule has 0 unspecified atom stereocenters. The Kier molecular flexibility index (Phi) is 5.95. The predicted molar refractivity (Wildman–Crippen MR) is 89.9 cm³/mol. The first-order valence-corrected chi connectivity index (χ1v) is 8.73. The van der Waals surface area contributed by atoms with E-state index in [9.17, 15) is 4.79 Å². The Balaban J connectivity index is 1.77. The van der Waals surface area contributed by atoms with Crippen molar-refractivity contribution < 1.29 is 4.79 Å². The van der Waals surface area contributed by atoms with Crippen molar-refractivity contribution in [3.05, 3.63) is 51.2 Å². The first kappa shape index (κ1) is 15.4. The summed E-state index contributed by atoms with van der Waals surface area (Å²) in [5.41, 5.74) is 2.10. The maximum atomic E-state index is 11.9. The minimum absolute atomic E-state index is 0.0332. The highest BCUT2D eigenvalue weighted by molar-refractivity contribution is 7.99. The number of anilines is 1. The molecule has 0 aliphatic rings. The summed E-state index contributed by atoms with van der Waals surface area (Å²) in [6, 6.07) is 11.9. The van der Waals surface area contributed by atoms with Crippen LogP contribution in [0.1, 0.15) is 17.4 Å². The molecule has 106 valence electrons. The molecule has 1 heterocycles. The summed E-state index contributed by atoms with van der Waals surface area (Å²) in [5.74, 6) is 1.30. The van der Waals surface area contributed by atoms with Gasteiger partial charge in [0, 0.05) is 16.3 Å². The third-order valence-electron chi connectivity index (χ3n) is 2.73. The molecule has 0 radical (unpaired) electrons. The minimum Gasteiger partial charge on any atom is -0.325 e.